The van der Waals surface area contributed by atoms with Gasteiger partial charge in [0, 0.05) is 22.2 Å². The van der Waals surface area contributed by atoms with Crippen LogP contribution in [0.25, 0.3) is 10.9 Å². The zero-order valence-electron chi connectivity index (χ0n) is 14.0. The van der Waals surface area contributed by atoms with E-state index in [0.717, 1.165) is 22.2 Å². The van der Waals surface area contributed by atoms with Crippen LogP contribution in [0.15, 0.2) is 42.5 Å². The third-order valence-corrected chi connectivity index (χ3v) is 4.46. The highest BCUT2D eigenvalue weighted by atomic mass is 16.1. The second-order valence-electron chi connectivity index (χ2n) is 6.06. The van der Waals surface area contributed by atoms with Gasteiger partial charge in [0.2, 0.25) is 0 Å². The molecule has 0 fully saturated rings. The maximum Gasteiger partial charge on any atom is 0.251 e. The van der Waals surface area contributed by atoms with Crippen molar-refractivity contribution in [1.82, 2.24) is 10.3 Å². The van der Waals surface area contributed by atoms with Gasteiger partial charge < -0.3 is 10.3 Å². The van der Waals surface area contributed by atoms with Crippen molar-refractivity contribution in [2.45, 2.75) is 26.8 Å². The van der Waals surface area contributed by atoms with Crippen LogP contribution in [0.2, 0.25) is 0 Å². The van der Waals surface area contributed by atoms with E-state index in [-0.39, 0.29) is 11.9 Å². The molecule has 0 saturated heterocycles. The van der Waals surface area contributed by atoms with Gasteiger partial charge in [-0.2, -0.15) is 5.26 Å². The summed E-state index contributed by atoms with van der Waals surface area (Å²) in [6.45, 7) is 6.01. The normalized spacial score (nSPS) is 11.9. The Morgan fingerprint density at radius 1 is 1.17 bits per heavy atom. The molecule has 0 aliphatic heterocycles. The third-order valence-electron chi connectivity index (χ3n) is 4.46. The fourth-order valence-electron chi connectivity index (χ4n) is 2.81. The molecule has 3 aromatic rings. The lowest BCUT2D eigenvalue weighted by Gasteiger charge is -2.14. The number of nitriles is 1. The molecule has 2 aromatic carbocycles. The van der Waals surface area contributed by atoms with Gasteiger partial charge in [-0.25, -0.2) is 0 Å². The fraction of sp³-hybridized carbons (Fsp3) is 0.200. The predicted molar refractivity (Wildman–Crippen MR) is 94.8 cm³/mol. The Bertz CT molecular complexity index is 945. The van der Waals surface area contributed by atoms with E-state index in [1.54, 1.807) is 12.1 Å². The van der Waals surface area contributed by atoms with Crippen molar-refractivity contribution < 1.29 is 4.79 Å². The fourth-order valence-corrected chi connectivity index (χ4v) is 2.81. The second kappa shape index (κ2) is 6.21. The summed E-state index contributed by atoms with van der Waals surface area (Å²) < 4.78 is 0. The molecule has 1 unspecified atom stereocenters. The molecule has 1 heterocycles. The standard InChI is InChI=1S/C20H19N3O/c1-12-13(2)22-19-9-8-17(10-18(12)19)20(24)23-14(3)16-6-4-15(11-21)5-7-16/h4-10,14,22H,1-3H3,(H,23,24). The summed E-state index contributed by atoms with van der Waals surface area (Å²) in [4.78, 5) is 15.9. The highest BCUT2D eigenvalue weighted by Crippen LogP contribution is 2.23. The highest BCUT2D eigenvalue weighted by Gasteiger charge is 2.13. The van der Waals surface area contributed by atoms with Crippen molar-refractivity contribution in [3.63, 3.8) is 0 Å². The summed E-state index contributed by atoms with van der Waals surface area (Å²) >= 11 is 0. The molecule has 120 valence electrons. The summed E-state index contributed by atoms with van der Waals surface area (Å²) in [6.07, 6.45) is 0. The van der Waals surface area contributed by atoms with Crippen molar-refractivity contribution in [1.29, 1.82) is 5.26 Å². The molecule has 1 amide bonds. The Hall–Kier alpha value is -3.06. The number of aromatic amines is 1. The lowest BCUT2D eigenvalue weighted by atomic mass is 10.0. The molecule has 0 aliphatic rings. The maximum atomic E-state index is 12.5. The number of fused-ring (bicyclic) bond motifs is 1. The molecule has 0 spiro atoms. The van der Waals surface area contributed by atoms with Crippen LogP contribution in [-0.2, 0) is 0 Å². The summed E-state index contributed by atoms with van der Waals surface area (Å²) in [5.41, 5.74) is 5.55. The third kappa shape index (κ3) is 2.89. The van der Waals surface area contributed by atoms with E-state index in [9.17, 15) is 4.79 Å². The number of aryl methyl sites for hydroxylation is 2. The molecule has 24 heavy (non-hydrogen) atoms. The van der Waals surface area contributed by atoms with E-state index in [1.165, 1.54) is 5.56 Å². The molecule has 2 N–H and O–H groups in total. The molecule has 0 radical (unpaired) electrons. The number of hydrogen-bond donors (Lipinski definition) is 2. The van der Waals surface area contributed by atoms with Gasteiger partial charge in [0.15, 0.2) is 0 Å². The SMILES string of the molecule is Cc1[nH]c2ccc(C(=O)NC(C)c3ccc(C#N)cc3)cc2c1C. The van der Waals surface area contributed by atoms with Crippen molar-refractivity contribution in [2.24, 2.45) is 0 Å². The number of carbonyl (C=O) groups is 1. The number of nitrogens with zero attached hydrogens (tertiary/aromatic N) is 1. The monoisotopic (exact) mass is 317 g/mol. The van der Waals surface area contributed by atoms with Crippen molar-refractivity contribution >= 4 is 16.8 Å². The van der Waals surface area contributed by atoms with Crippen molar-refractivity contribution in [3.8, 4) is 6.07 Å². The molecule has 0 saturated carbocycles. The Morgan fingerprint density at radius 2 is 1.88 bits per heavy atom. The molecule has 4 nitrogen and oxygen atoms in total. The van der Waals surface area contributed by atoms with E-state index in [2.05, 4.69) is 23.3 Å². The summed E-state index contributed by atoms with van der Waals surface area (Å²) in [5, 5.41) is 12.9. The maximum absolute atomic E-state index is 12.5. The number of amides is 1. The minimum Gasteiger partial charge on any atom is -0.358 e. The summed E-state index contributed by atoms with van der Waals surface area (Å²) in [6, 6.07) is 14.9. The van der Waals surface area contributed by atoms with Crippen LogP contribution in [0.5, 0.6) is 0 Å². The number of carbonyl (C=O) groups excluding carboxylic acids is 1. The first-order valence-corrected chi connectivity index (χ1v) is 7.89. The topological polar surface area (TPSA) is 68.7 Å². The predicted octanol–water partition coefficient (Wildman–Crippen LogP) is 4.15. The van der Waals surface area contributed by atoms with Gasteiger partial charge in [-0.05, 0) is 62.2 Å². The largest absolute Gasteiger partial charge is 0.358 e. The number of rotatable bonds is 3. The summed E-state index contributed by atoms with van der Waals surface area (Å²) in [7, 11) is 0. The first-order valence-electron chi connectivity index (χ1n) is 7.89. The zero-order valence-corrected chi connectivity index (χ0v) is 14.0. The first kappa shape index (κ1) is 15.8. The molecule has 0 aliphatic carbocycles. The van der Waals surface area contributed by atoms with Crippen molar-refractivity contribution in [2.75, 3.05) is 0 Å². The Kier molecular flexibility index (Phi) is 4.09. The van der Waals surface area contributed by atoms with E-state index in [4.69, 9.17) is 5.26 Å². The van der Waals surface area contributed by atoms with Gasteiger partial charge in [-0.3, -0.25) is 4.79 Å². The average Bonchev–Trinajstić information content (AvgIpc) is 2.88. The van der Waals surface area contributed by atoms with Crippen LogP contribution in [0.3, 0.4) is 0 Å². The smallest absolute Gasteiger partial charge is 0.251 e. The quantitative estimate of drug-likeness (QED) is 0.762. The lowest BCUT2D eigenvalue weighted by molar-refractivity contribution is 0.0940. The van der Waals surface area contributed by atoms with Gasteiger partial charge in [-0.15, -0.1) is 0 Å². The molecule has 1 atom stereocenters. The van der Waals surface area contributed by atoms with Gasteiger partial charge in [-0.1, -0.05) is 12.1 Å². The molecule has 0 bridgehead atoms. The van der Waals surface area contributed by atoms with Gasteiger partial charge >= 0.3 is 0 Å². The lowest BCUT2D eigenvalue weighted by Crippen LogP contribution is -2.26. The summed E-state index contributed by atoms with van der Waals surface area (Å²) in [5.74, 6) is -0.105. The van der Waals surface area contributed by atoms with Crippen LogP contribution in [0.1, 0.15) is 45.7 Å². The highest BCUT2D eigenvalue weighted by molar-refractivity contribution is 5.99. The van der Waals surface area contributed by atoms with Gasteiger partial charge in [0.1, 0.15) is 0 Å². The second-order valence-corrected chi connectivity index (χ2v) is 6.06. The van der Waals surface area contributed by atoms with Crippen LogP contribution < -0.4 is 5.32 Å². The van der Waals surface area contributed by atoms with Gasteiger partial charge in [0.25, 0.3) is 5.91 Å². The number of H-pyrrole nitrogens is 1. The van der Waals surface area contributed by atoms with Crippen LogP contribution in [0, 0.1) is 25.2 Å². The minimum absolute atomic E-state index is 0.105. The Balaban J connectivity index is 1.81. The average molecular weight is 317 g/mol. The molecule has 4 heteroatoms. The molecular weight excluding hydrogens is 298 g/mol. The molecule has 1 aromatic heterocycles. The number of benzene rings is 2. The number of hydrogen-bond acceptors (Lipinski definition) is 2. The van der Waals surface area contributed by atoms with E-state index in [0.29, 0.717) is 11.1 Å². The molecule has 3 rings (SSSR count). The van der Waals surface area contributed by atoms with Crippen LogP contribution >= 0.6 is 0 Å². The van der Waals surface area contributed by atoms with E-state index in [1.807, 2.05) is 44.2 Å². The van der Waals surface area contributed by atoms with Gasteiger partial charge in [0.05, 0.1) is 17.7 Å². The number of aromatic nitrogens is 1. The molecular formula is C20H19N3O. The van der Waals surface area contributed by atoms with E-state index >= 15 is 0 Å². The zero-order chi connectivity index (χ0) is 17.3. The first-order chi connectivity index (χ1) is 11.5. The van der Waals surface area contributed by atoms with Crippen molar-refractivity contribution in [3.05, 3.63) is 70.4 Å². The Morgan fingerprint density at radius 3 is 2.54 bits per heavy atom. The van der Waals surface area contributed by atoms with Crippen LogP contribution in [-0.4, -0.2) is 10.9 Å². The minimum atomic E-state index is -0.130. The van der Waals surface area contributed by atoms with Crippen LogP contribution in [0.4, 0.5) is 0 Å². The Labute approximate surface area is 141 Å². The van der Waals surface area contributed by atoms with E-state index < -0.39 is 0 Å². The number of nitrogens with one attached hydrogen (secondary N) is 2.